The summed E-state index contributed by atoms with van der Waals surface area (Å²) in [6, 6.07) is 0. The summed E-state index contributed by atoms with van der Waals surface area (Å²) in [6.45, 7) is 3.47. The summed E-state index contributed by atoms with van der Waals surface area (Å²) in [5, 5.41) is 11.9. The van der Waals surface area contributed by atoms with E-state index < -0.39 is 0 Å². The molecule has 9 heavy (non-hydrogen) atoms. The lowest BCUT2D eigenvalue weighted by Crippen LogP contribution is -1.89. The summed E-state index contributed by atoms with van der Waals surface area (Å²) in [7, 11) is 0. The Balaban J connectivity index is 2.86. The molecular formula is C4H6N4S. The average Bonchev–Trinajstić information content (AvgIpc) is 2.34. The summed E-state index contributed by atoms with van der Waals surface area (Å²) >= 11 is 1.45. The Morgan fingerprint density at radius 3 is 2.89 bits per heavy atom. The van der Waals surface area contributed by atoms with Gasteiger partial charge in [0.2, 0.25) is 5.16 Å². The quantitative estimate of drug-likeness (QED) is 0.564. The average molecular weight is 142 g/mol. The topological polar surface area (TPSA) is 43.6 Å². The Hall–Kier alpha value is -0.840. The van der Waals surface area contributed by atoms with Crippen LogP contribution in [0.3, 0.4) is 0 Å². The molecule has 0 fully saturated rings. The molecule has 4 nitrogen and oxygen atoms in total. The highest BCUT2D eigenvalue weighted by molar-refractivity contribution is 7.98. The molecule has 0 aliphatic carbocycles. The van der Waals surface area contributed by atoms with Crippen molar-refractivity contribution in [1.29, 1.82) is 0 Å². The van der Waals surface area contributed by atoms with E-state index in [0.29, 0.717) is 5.16 Å². The number of hydrogen-bond donors (Lipinski definition) is 0. The fraction of sp³-hybridized carbons (Fsp3) is 0.250. The largest absolute Gasteiger partial charge is 0.231 e. The standard InChI is InChI=1S/C4H6N4S/c1-3-8-6-4(9-2)5-7-8/h3H,1H2,2H3. The fourth-order valence-electron chi connectivity index (χ4n) is 0.371. The summed E-state index contributed by atoms with van der Waals surface area (Å²) in [5.74, 6) is 0. The predicted octanol–water partition coefficient (Wildman–Crippen LogP) is 0.496. The van der Waals surface area contributed by atoms with Gasteiger partial charge in [0.05, 0.1) is 0 Å². The van der Waals surface area contributed by atoms with Crippen molar-refractivity contribution in [2.75, 3.05) is 6.26 Å². The molecule has 0 aliphatic heterocycles. The Labute approximate surface area is 56.9 Å². The molecule has 1 rings (SSSR count). The Kier molecular flexibility index (Phi) is 1.84. The molecule has 1 aromatic heterocycles. The molecule has 48 valence electrons. The molecule has 0 saturated carbocycles. The van der Waals surface area contributed by atoms with Crippen molar-refractivity contribution in [2.24, 2.45) is 0 Å². The molecule has 0 spiro atoms. The van der Waals surface area contributed by atoms with E-state index in [1.54, 1.807) is 0 Å². The number of nitrogens with zero attached hydrogens (tertiary/aromatic N) is 4. The number of tetrazole rings is 1. The molecule has 0 aromatic carbocycles. The zero-order chi connectivity index (χ0) is 6.69. The minimum Gasteiger partial charge on any atom is -0.138 e. The lowest BCUT2D eigenvalue weighted by atomic mass is 11.1. The van der Waals surface area contributed by atoms with Crippen LogP contribution in [0.25, 0.3) is 6.20 Å². The lowest BCUT2D eigenvalue weighted by molar-refractivity contribution is 0.757. The lowest BCUT2D eigenvalue weighted by Gasteiger charge is -1.79. The van der Waals surface area contributed by atoms with Crippen LogP contribution in [-0.4, -0.2) is 26.5 Å². The van der Waals surface area contributed by atoms with Gasteiger partial charge in [-0.2, -0.15) is 0 Å². The highest BCUT2D eigenvalue weighted by Gasteiger charge is 1.94. The predicted molar refractivity (Wildman–Crippen MR) is 36.0 cm³/mol. The van der Waals surface area contributed by atoms with E-state index in [9.17, 15) is 0 Å². The zero-order valence-electron chi connectivity index (χ0n) is 4.98. The first-order chi connectivity index (χ1) is 4.36. The van der Waals surface area contributed by atoms with E-state index in [2.05, 4.69) is 22.0 Å². The van der Waals surface area contributed by atoms with Gasteiger partial charge in [-0.3, -0.25) is 0 Å². The second-order valence-electron chi connectivity index (χ2n) is 1.28. The van der Waals surface area contributed by atoms with Gasteiger partial charge in [0.15, 0.2) is 0 Å². The van der Waals surface area contributed by atoms with E-state index in [4.69, 9.17) is 0 Å². The van der Waals surface area contributed by atoms with Crippen molar-refractivity contribution in [3.63, 3.8) is 0 Å². The van der Waals surface area contributed by atoms with E-state index in [1.807, 2.05) is 6.26 Å². The molecule has 0 saturated heterocycles. The van der Waals surface area contributed by atoms with Crippen LogP contribution in [-0.2, 0) is 0 Å². The van der Waals surface area contributed by atoms with Gasteiger partial charge in [-0.1, -0.05) is 18.3 Å². The number of aromatic nitrogens is 4. The molecule has 5 heteroatoms. The van der Waals surface area contributed by atoms with Crippen LogP contribution in [0.5, 0.6) is 0 Å². The van der Waals surface area contributed by atoms with Gasteiger partial charge < -0.3 is 0 Å². The van der Waals surface area contributed by atoms with Crippen molar-refractivity contribution in [2.45, 2.75) is 5.16 Å². The smallest absolute Gasteiger partial charge is 0.138 e. The molecule has 0 atom stereocenters. The Bertz CT molecular complexity index is 206. The molecule has 0 unspecified atom stereocenters. The summed E-state index contributed by atoms with van der Waals surface area (Å²) in [5.41, 5.74) is 0. The molecular weight excluding hydrogens is 136 g/mol. The van der Waals surface area contributed by atoms with E-state index in [-0.39, 0.29) is 0 Å². The van der Waals surface area contributed by atoms with Crippen molar-refractivity contribution in [1.82, 2.24) is 20.2 Å². The maximum Gasteiger partial charge on any atom is 0.231 e. The van der Waals surface area contributed by atoms with Crippen molar-refractivity contribution >= 4 is 18.0 Å². The molecule has 1 heterocycles. The number of hydrogen-bond acceptors (Lipinski definition) is 4. The third-order valence-corrected chi connectivity index (χ3v) is 1.28. The third kappa shape index (κ3) is 1.29. The van der Waals surface area contributed by atoms with Gasteiger partial charge in [0.25, 0.3) is 0 Å². The van der Waals surface area contributed by atoms with Crippen LogP contribution in [0.15, 0.2) is 11.7 Å². The highest BCUT2D eigenvalue weighted by Crippen LogP contribution is 2.03. The van der Waals surface area contributed by atoms with Crippen LogP contribution < -0.4 is 0 Å². The normalized spacial score (nSPS) is 9.44. The van der Waals surface area contributed by atoms with Gasteiger partial charge in [0, 0.05) is 6.20 Å². The molecule has 0 N–H and O–H groups in total. The summed E-state index contributed by atoms with van der Waals surface area (Å²) in [4.78, 5) is 1.33. The number of rotatable bonds is 2. The monoisotopic (exact) mass is 142 g/mol. The first-order valence-electron chi connectivity index (χ1n) is 2.33. The molecule has 1 aromatic rings. The second-order valence-corrected chi connectivity index (χ2v) is 2.05. The van der Waals surface area contributed by atoms with Gasteiger partial charge >= 0.3 is 0 Å². The highest BCUT2D eigenvalue weighted by atomic mass is 32.2. The summed E-state index contributed by atoms with van der Waals surface area (Å²) in [6.07, 6.45) is 3.39. The minimum atomic E-state index is 0.662. The van der Waals surface area contributed by atoms with Crippen molar-refractivity contribution in [3.05, 3.63) is 6.58 Å². The van der Waals surface area contributed by atoms with E-state index in [1.165, 1.54) is 22.8 Å². The Morgan fingerprint density at radius 2 is 2.56 bits per heavy atom. The van der Waals surface area contributed by atoms with Crippen LogP contribution in [0, 0.1) is 0 Å². The third-order valence-electron chi connectivity index (χ3n) is 0.756. The van der Waals surface area contributed by atoms with Gasteiger partial charge in [-0.15, -0.1) is 15.0 Å². The zero-order valence-corrected chi connectivity index (χ0v) is 5.80. The molecule has 0 aliphatic rings. The van der Waals surface area contributed by atoms with Crippen LogP contribution in [0.2, 0.25) is 0 Å². The Morgan fingerprint density at radius 1 is 1.78 bits per heavy atom. The van der Waals surface area contributed by atoms with Crippen molar-refractivity contribution < 1.29 is 0 Å². The fourth-order valence-corrected chi connectivity index (χ4v) is 0.654. The molecule has 0 amide bonds. The molecule has 0 bridgehead atoms. The first-order valence-corrected chi connectivity index (χ1v) is 3.55. The van der Waals surface area contributed by atoms with Crippen LogP contribution in [0.1, 0.15) is 0 Å². The molecule has 0 radical (unpaired) electrons. The van der Waals surface area contributed by atoms with Crippen LogP contribution >= 0.6 is 11.8 Å². The SMILES string of the molecule is C=Cn1nnc(SC)n1. The van der Waals surface area contributed by atoms with Gasteiger partial charge in [0.1, 0.15) is 0 Å². The van der Waals surface area contributed by atoms with Crippen molar-refractivity contribution in [3.8, 4) is 0 Å². The van der Waals surface area contributed by atoms with Crippen LogP contribution in [0.4, 0.5) is 0 Å². The first kappa shape index (κ1) is 6.28. The van der Waals surface area contributed by atoms with Gasteiger partial charge in [-0.25, -0.2) is 0 Å². The maximum atomic E-state index is 3.89. The minimum absolute atomic E-state index is 0.662. The van der Waals surface area contributed by atoms with E-state index >= 15 is 0 Å². The number of thioether (sulfide) groups is 1. The van der Waals surface area contributed by atoms with E-state index in [0.717, 1.165) is 0 Å². The summed E-state index contributed by atoms with van der Waals surface area (Å²) < 4.78 is 0. The second kappa shape index (κ2) is 2.63. The maximum absolute atomic E-state index is 3.89. The van der Waals surface area contributed by atoms with Gasteiger partial charge in [-0.05, 0) is 11.5 Å².